The summed E-state index contributed by atoms with van der Waals surface area (Å²) in [5, 5.41) is 0. The quantitative estimate of drug-likeness (QED) is 0.624. The van der Waals surface area contributed by atoms with Crippen LogP contribution in [0.15, 0.2) is 0 Å². The number of hydrogen-bond acceptors (Lipinski definition) is 3. The minimum atomic E-state index is -4.27. The SMILES string of the molecule is CC1(CS(=O)(=O)O)N(Cl)C(=O)N(Cl)C12CCCC2. The van der Waals surface area contributed by atoms with Crippen LogP contribution in [0.2, 0.25) is 0 Å². The number of amides is 2. The molecule has 104 valence electrons. The Bertz CT molecular complexity index is 477. The Labute approximate surface area is 116 Å². The number of hydrogen-bond donors (Lipinski definition) is 1. The first-order chi connectivity index (χ1) is 8.14. The lowest BCUT2D eigenvalue weighted by Gasteiger charge is -2.41. The topological polar surface area (TPSA) is 77.9 Å². The maximum absolute atomic E-state index is 11.9. The third-order valence-corrected chi connectivity index (χ3v) is 5.95. The van der Waals surface area contributed by atoms with Crippen LogP contribution in [0.4, 0.5) is 4.79 Å². The third-order valence-electron chi connectivity index (χ3n) is 4.04. The highest BCUT2D eigenvalue weighted by Gasteiger charge is 2.66. The van der Waals surface area contributed by atoms with Gasteiger partial charge in [-0.25, -0.2) is 13.6 Å². The monoisotopic (exact) mass is 316 g/mol. The molecule has 2 fully saturated rings. The van der Waals surface area contributed by atoms with E-state index < -0.39 is 33.0 Å². The van der Waals surface area contributed by atoms with Crippen molar-refractivity contribution in [2.75, 3.05) is 5.75 Å². The summed E-state index contributed by atoms with van der Waals surface area (Å²) in [7, 11) is -4.27. The fourth-order valence-corrected chi connectivity index (χ4v) is 5.04. The molecule has 2 rings (SSSR count). The van der Waals surface area contributed by atoms with Gasteiger partial charge in [0.25, 0.3) is 10.1 Å². The molecule has 0 aromatic heterocycles. The van der Waals surface area contributed by atoms with Crippen LogP contribution < -0.4 is 0 Å². The van der Waals surface area contributed by atoms with Crippen molar-refractivity contribution < 1.29 is 17.8 Å². The molecular formula is C9H14Cl2N2O4S. The molecular weight excluding hydrogens is 303 g/mol. The highest BCUT2D eigenvalue weighted by Crippen LogP contribution is 2.53. The Morgan fingerprint density at radius 3 is 2.22 bits per heavy atom. The average molecular weight is 317 g/mol. The molecule has 1 aliphatic carbocycles. The molecule has 1 spiro atoms. The van der Waals surface area contributed by atoms with E-state index >= 15 is 0 Å². The van der Waals surface area contributed by atoms with Crippen LogP contribution in [-0.4, -0.2) is 44.7 Å². The number of carbonyl (C=O) groups excluding carboxylic acids is 1. The van der Waals surface area contributed by atoms with Gasteiger partial charge in [-0.15, -0.1) is 0 Å². The summed E-state index contributed by atoms with van der Waals surface area (Å²) in [4.78, 5) is 11.9. The van der Waals surface area contributed by atoms with Gasteiger partial charge in [-0.1, -0.05) is 12.8 Å². The predicted molar refractivity (Wildman–Crippen MR) is 66.8 cm³/mol. The summed E-state index contributed by atoms with van der Waals surface area (Å²) in [6.45, 7) is 1.54. The molecule has 0 aromatic rings. The second-order valence-electron chi connectivity index (χ2n) is 5.08. The summed E-state index contributed by atoms with van der Waals surface area (Å²) in [6, 6.07) is -0.647. The molecule has 0 bridgehead atoms. The van der Waals surface area contributed by atoms with Gasteiger partial charge in [0.1, 0.15) is 5.75 Å². The normalized spacial score (nSPS) is 31.7. The fourth-order valence-electron chi connectivity index (χ4n) is 3.11. The second kappa shape index (κ2) is 4.13. The van der Waals surface area contributed by atoms with Gasteiger partial charge in [-0.2, -0.15) is 8.42 Å². The molecule has 0 aromatic carbocycles. The minimum absolute atomic E-state index is 0.567. The highest BCUT2D eigenvalue weighted by molar-refractivity contribution is 7.85. The van der Waals surface area contributed by atoms with Gasteiger partial charge in [0.2, 0.25) is 0 Å². The first-order valence-corrected chi connectivity index (χ1v) is 7.84. The molecule has 1 saturated heterocycles. The maximum atomic E-state index is 11.9. The fraction of sp³-hybridized carbons (Fsp3) is 0.889. The Kier molecular flexibility index (Phi) is 3.25. The van der Waals surface area contributed by atoms with E-state index in [0.717, 1.165) is 21.7 Å². The minimum Gasteiger partial charge on any atom is -0.285 e. The van der Waals surface area contributed by atoms with Gasteiger partial charge in [0, 0.05) is 23.6 Å². The average Bonchev–Trinajstić information content (AvgIpc) is 2.77. The van der Waals surface area contributed by atoms with Crippen molar-refractivity contribution in [2.24, 2.45) is 0 Å². The van der Waals surface area contributed by atoms with Crippen molar-refractivity contribution in [2.45, 2.75) is 43.7 Å². The first kappa shape index (κ1) is 14.2. The van der Waals surface area contributed by atoms with Crippen LogP contribution in [0.3, 0.4) is 0 Å². The third kappa shape index (κ3) is 1.79. The van der Waals surface area contributed by atoms with E-state index in [1.54, 1.807) is 6.92 Å². The van der Waals surface area contributed by atoms with E-state index in [9.17, 15) is 13.2 Å². The van der Waals surface area contributed by atoms with Crippen LogP contribution in [-0.2, 0) is 10.1 Å². The van der Waals surface area contributed by atoms with Crippen molar-refractivity contribution >= 4 is 39.7 Å². The van der Waals surface area contributed by atoms with Crippen LogP contribution in [0.25, 0.3) is 0 Å². The molecule has 18 heavy (non-hydrogen) atoms. The molecule has 2 aliphatic rings. The number of halogens is 2. The summed E-state index contributed by atoms with van der Waals surface area (Å²) in [6.07, 6.45) is 2.81. The first-order valence-electron chi connectivity index (χ1n) is 5.55. The largest absolute Gasteiger partial charge is 0.350 e. The van der Waals surface area contributed by atoms with Gasteiger partial charge in [0.05, 0.1) is 11.1 Å². The number of carbonyl (C=O) groups is 1. The highest BCUT2D eigenvalue weighted by atomic mass is 35.5. The summed E-state index contributed by atoms with van der Waals surface area (Å²) in [5.41, 5.74) is -2.08. The van der Waals surface area contributed by atoms with Crippen molar-refractivity contribution in [1.29, 1.82) is 0 Å². The van der Waals surface area contributed by atoms with Crippen molar-refractivity contribution in [3.8, 4) is 0 Å². The van der Waals surface area contributed by atoms with Crippen LogP contribution in [0, 0.1) is 0 Å². The van der Waals surface area contributed by atoms with Crippen molar-refractivity contribution in [3.63, 3.8) is 0 Å². The van der Waals surface area contributed by atoms with Crippen molar-refractivity contribution in [1.82, 2.24) is 8.84 Å². The lowest BCUT2D eigenvalue weighted by atomic mass is 9.79. The molecule has 9 heteroatoms. The van der Waals surface area contributed by atoms with Gasteiger partial charge in [-0.3, -0.25) is 4.55 Å². The second-order valence-corrected chi connectivity index (χ2v) is 7.21. The molecule has 1 aliphatic heterocycles. The lowest BCUT2D eigenvalue weighted by molar-refractivity contribution is 0.155. The Morgan fingerprint density at radius 2 is 1.78 bits per heavy atom. The summed E-state index contributed by atoms with van der Waals surface area (Å²) in [5.74, 6) is -0.627. The predicted octanol–water partition coefficient (Wildman–Crippen LogP) is 1.99. The van der Waals surface area contributed by atoms with E-state index in [1.165, 1.54) is 0 Å². The van der Waals surface area contributed by atoms with Crippen LogP contribution in [0.5, 0.6) is 0 Å². The number of urea groups is 1. The van der Waals surface area contributed by atoms with Gasteiger partial charge in [-0.05, 0) is 19.8 Å². The zero-order valence-electron chi connectivity index (χ0n) is 9.77. The lowest BCUT2D eigenvalue weighted by Crippen LogP contribution is -2.58. The van der Waals surface area contributed by atoms with Gasteiger partial charge < -0.3 is 0 Å². The van der Waals surface area contributed by atoms with E-state index in [0.29, 0.717) is 12.8 Å². The molecule has 1 unspecified atom stereocenters. The number of nitrogens with zero attached hydrogens (tertiary/aromatic N) is 2. The van der Waals surface area contributed by atoms with Gasteiger partial charge in [0.15, 0.2) is 0 Å². The number of rotatable bonds is 2. The Balaban J connectivity index is 2.51. The van der Waals surface area contributed by atoms with E-state index in [2.05, 4.69) is 0 Å². The molecule has 2 amide bonds. The van der Waals surface area contributed by atoms with Crippen LogP contribution >= 0.6 is 23.6 Å². The molecule has 1 saturated carbocycles. The smallest absolute Gasteiger partial charge is 0.285 e. The summed E-state index contributed by atoms with van der Waals surface area (Å²) < 4.78 is 33.3. The molecule has 1 N–H and O–H groups in total. The zero-order valence-corrected chi connectivity index (χ0v) is 12.1. The standard InChI is InChI=1S/C9H14Cl2N2O4S/c1-8(6-18(15,16)17)9(4-2-3-5-9)13(11)7(14)12(8)10/h2-6H2,1H3,(H,15,16,17). The molecule has 1 heterocycles. The van der Waals surface area contributed by atoms with E-state index in [1.807, 2.05) is 0 Å². The Hall–Kier alpha value is -0.240. The molecule has 1 atom stereocenters. The van der Waals surface area contributed by atoms with E-state index in [4.69, 9.17) is 28.1 Å². The maximum Gasteiger partial charge on any atom is 0.350 e. The summed E-state index contributed by atoms with van der Waals surface area (Å²) >= 11 is 11.9. The molecule has 0 radical (unpaired) electrons. The van der Waals surface area contributed by atoms with Crippen molar-refractivity contribution in [3.05, 3.63) is 0 Å². The zero-order chi connectivity index (χ0) is 13.8. The molecule has 6 nitrogen and oxygen atoms in total. The van der Waals surface area contributed by atoms with Crippen LogP contribution in [0.1, 0.15) is 32.6 Å². The van der Waals surface area contributed by atoms with E-state index in [-0.39, 0.29) is 0 Å². The Morgan fingerprint density at radius 1 is 1.28 bits per heavy atom. The van der Waals surface area contributed by atoms with Gasteiger partial charge >= 0.3 is 6.03 Å².